The van der Waals surface area contributed by atoms with Crippen molar-refractivity contribution in [3.63, 3.8) is 0 Å². The summed E-state index contributed by atoms with van der Waals surface area (Å²) in [6.45, 7) is 6.84. The summed E-state index contributed by atoms with van der Waals surface area (Å²) in [6.07, 6.45) is 5.21. The summed E-state index contributed by atoms with van der Waals surface area (Å²) < 4.78 is 0. The number of hydrogen-bond acceptors (Lipinski definition) is 2. The highest BCUT2D eigenvalue weighted by Gasteiger charge is 2.16. The zero-order valence-electron chi connectivity index (χ0n) is 12.5. The number of nitrogens with zero attached hydrogens (tertiary/aromatic N) is 1. The third-order valence-corrected chi connectivity index (χ3v) is 4.12. The van der Waals surface area contributed by atoms with Crippen LogP contribution in [-0.4, -0.2) is 29.6 Å². The molecule has 19 heavy (non-hydrogen) atoms. The van der Waals surface area contributed by atoms with Crippen molar-refractivity contribution in [2.75, 3.05) is 12.8 Å². The minimum atomic E-state index is 0.182. The first-order chi connectivity index (χ1) is 9.08. The summed E-state index contributed by atoms with van der Waals surface area (Å²) in [5, 5.41) is 0. The van der Waals surface area contributed by atoms with Crippen molar-refractivity contribution >= 4 is 17.7 Å². The Morgan fingerprint density at radius 1 is 1.32 bits per heavy atom. The van der Waals surface area contributed by atoms with E-state index in [2.05, 4.69) is 44.4 Å². The highest BCUT2D eigenvalue weighted by Crippen LogP contribution is 2.17. The number of rotatable bonds is 7. The van der Waals surface area contributed by atoms with E-state index in [4.69, 9.17) is 0 Å². The molecule has 0 bridgehead atoms. The standard InChI is InChI=1S/C16H25NOS/c1-5-6-11-17(14(3)18)13(2)12-15-7-9-16(19-4)10-8-15/h7-10,13H,5-6,11-12H2,1-4H3. The van der Waals surface area contributed by atoms with E-state index >= 15 is 0 Å². The maximum Gasteiger partial charge on any atom is 0.219 e. The van der Waals surface area contributed by atoms with E-state index in [0.29, 0.717) is 0 Å². The van der Waals surface area contributed by atoms with E-state index in [1.807, 2.05) is 4.90 Å². The molecule has 0 saturated heterocycles. The molecular weight excluding hydrogens is 254 g/mol. The molecule has 0 saturated carbocycles. The van der Waals surface area contributed by atoms with Crippen LogP contribution in [0.25, 0.3) is 0 Å². The smallest absolute Gasteiger partial charge is 0.219 e. The Morgan fingerprint density at radius 3 is 2.42 bits per heavy atom. The van der Waals surface area contributed by atoms with Gasteiger partial charge in [0.1, 0.15) is 0 Å². The molecule has 1 rings (SSSR count). The summed E-state index contributed by atoms with van der Waals surface area (Å²) in [5.74, 6) is 0.182. The van der Waals surface area contributed by atoms with Gasteiger partial charge in [0.15, 0.2) is 0 Å². The van der Waals surface area contributed by atoms with Crippen molar-refractivity contribution < 1.29 is 4.79 Å². The van der Waals surface area contributed by atoms with Crippen LogP contribution in [0, 0.1) is 0 Å². The van der Waals surface area contributed by atoms with Gasteiger partial charge in [-0.25, -0.2) is 0 Å². The van der Waals surface area contributed by atoms with E-state index in [9.17, 15) is 4.79 Å². The maximum absolute atomic E-state index is 11.7. The number of amides is 1. The van der Waals surface area contributed by atoms with Crippen LogP contribution in [0.2, 0.25) is 0 Å². The second-order valence-corrected chi connectivity index (χ2v) is 5.85. The van der Waals surface area contributed by atoms with Crippen molar-refractivity contribution in [1.82, 2.24) is 4.90 Å². The van der Waals surface area contributed by atoms with Gasteiger partial charge in [-0.3, -0.25) is 4.79 Å². The van der Waals surface area contributed by atoms with Crippen LogP contribution in [0.5, 0.6) is 0 Å². The normalized spacial score (nSPS) is 12.2. The van der Waals surface area contributed by atoms with Crippen LogP contribution in [0.1, 0.15) is 39.2 Å². The second-order valence-electron chi connectivity index (χ2n) is 4.97. The molecule has 3 heteroatoms. The molecule has 1 amide bonds. The van der Waals surface area contributed by atoms with Gasteiger partial charge in [-0.1, -0.05) is 25.5 Å². The van der Waals surface area contributed by atoms with Crippen molar-refractivity contribution in [1.29, 1.82) is 0 Å². The largest absolute Gasteiger partial charge is 0.340 e. The summed E-state index contributed by atoms with van der Waals surface area (Å²) in [4.78, 5) is 15.0. The topological polar surface area (TPSA) is 20.3 Å². The number of thioether (sulfide) groups is 1. The quantitative estimate of drug-likeness (QED) is 0.703. The lowest BCUT2D eigenvalue weighted by Gasteiger charge is -2.28. The van der Waals surface area contributed by atoms with Crippen molar-refractivity contribution in [3.8, 4) is 0 Å². The zero-order valence-corrected chi connectivity index (χ0v) is 13.3. The van der Waals surface area contributed by atoms with Crippen LogP contribution in [0.3, 0.4) is 0 Å². The fourth-order valence-electron chi connectivity index (χ4n) is 2.23. The van der Waals surface area contributed by atoms with Crippen LogP contribution in [0.15, 0.2) is 29.2 Å². The van der Waals surface area contributed by atoms with E-state index in [1.165, 1.54) is 10.5 Å². The Hall–Kier alpha value is -0.960. The van der Waals surface area contributed by atoms with Crippen LogP contribution < -0.4 is 0 Å². The third kappa shape index (κ3) is 5.27. The monoisotopic (exact) mass is 279 g/mol. The second kappa shape index (κ2) is 8.26. The number of hydrogen-bond donors (Lipinski definition) is 0. The number of benzene rings is 1. The minimum Gasteiger partial charge on any atom is -0.340 e. The van der Waals surface area contributed by atoms with Gasteiger partial charge in [-0.15, -0.1) is 11.8 Å². The molecule has 1 atom stereocenters. The van der Waals surface area contributed by atoms with E-state index < -0.39 is 0 Å². The highest BCUT2D eigenvalue weighted by atomic mass is 32.2. The first-order valence-electron chi connectivity index (χ1n) is 6.98. The Morgan fingerprint density at radius 2 is 1.95 bits per heavy atom. The van der Waals surface area contributed by atoms with E-state index in [1.54, 1.807) is 18.7 Å². The first-order valence-corrected chi connectivity index (χ1v) is 8.21. The first kappa shape index (κ1) is 16.1. The molecule has 2 nitrogen and oxygen atoms in total. The van der Waals surface area contributed by atoms with Gasteiger partial charge in [0.2, 0.25) is 5.91 Å². The highest BCUT2D eigenvalue weighted by molar-refractivity contribution is 7.98. The fraction of sp³-hybridized carbons (Fsp3) is 0.562. The van der Waals surface area contributed by atoms with Gasteiger partial charge < -0.3 is 4.90 Å². The molecule has 0 N–H and O–H groups in total. The minimum absolute atomic E-state index is 0.182. The number of carbonyl (C=O) groups is 1. The number of unbranched alkanes of at least 4 members (excludes halogenated alkanes) is 1. The summed E-state index contributed by atoms with van der Waals surface area (Å²) >= 11 is 1.75. The molecule has 1 aromatic carbocycles. The zero-order chi connectivity index (χ0) is 14.3. The predicted octanol–water partition coefficient (Wildman–Crippen LogP) is 3.99. The SMILES string of the molecule is CCCCN(C(C)=O)C(C)Cc1ccc(SC)cc1. The molecule has 0 fully saturated rings. The van der Waals surface area contributed by atoms with Crippen molar-refractivity contribution in [2.45, 2.75) is 51.0 Å². The van der Waals surface area contributed by atoms with E-state index in [-0.39, 0.29) is 11.9 Å². The lowest BCUT2D eigenvalue weighted by atomic mass is 10.1. The lowest BCUT2D eigenvalue weighted by molar-refractivity contribution is -0.130. The molecule has 0 radical (unpaired) electrons. The molecule has 0 aliphatic rings. The van der Waals surface area contributed by atoms with Gasteiger partial charge in [0.25, 0.3) is 0 Å². The summed E-state index contributed by atoms with van der Waals surface area (Å²) in [7, 11) is 0. The summed E-state index contributed by atoms with van der Waals surface area (Å²) in [5.41, 5.74) is 1.30. The lowest BCUT2D eigenvalue weighted by Crippen LogP contribution is -2.39. The van der Waals surface area contributed by atoms with Crippen LogP contribution in [-0.2, 0) is 11.2 Å². The molecule has 0 heterocycles. The molecule has 1 unspecified atom stereocenters. The molecule has 0 aliphatic heterocycles. The van der Waals surface area contributed by atoms with E-state index in [0.717, 1.165) is 25.8 Å². The third-order valence-electron chi connectivity index (χ3n) is 3.38. The molecule has 1 aromatic rings. The van der Waals surface area contributed by atoms with Gasteiger partial charge in [0, 0.05) is 24.4 Å². The van der Waals surface area contributed by atoms with Crippen molar-refractivity contribution in [3.05, 3.63) is 29.8 Å². The average molecular weight is 279 g/mol. The summed E-state index contributed by atoms with van der Waals surface area (Å²) in [6, 6.07) is 8.90. The Balaban J connectivity index is 2.63. The number of carbonyl (C=O) groups excluding carboxylic acids is 1. The van der Waals surface area contributed by atoms with Crippen LogP contribution in [0.4, 0.5) is 0 Å². The molecule has 0 spiro atoms. The van der Waals surface area contributed by atoms with Gasteiger partial charge in [-0.2, -0.15) is 0 Å². The molecule has 0 aromatic heterocycles. The van der Waals surface area contributed by atoms with Gasteiger partial charge >= 0.3 is 0 Å². The Labute approximate surface area is 121 Å². The molecular formula is C16H25NOS. The predicted molar refractivity (Wildman–Crippen MR) is 83.7 cm³/mol. The maximum atomic E-state index is 11.7. The van der Waals surface area contributed by atoms with Crippen LogP contribution >= 0.6 is 11.8 Å². The average Bonchev–Trinajstić information content (AvgIpc) is 2.39. The van der Waals surface area contributed by atoms with Gasteiger partial charge in [-0.05, 0) is 43.7 Å². The Kier molecular flexibility index (Phi) is 7.00. The Bertz CT molecular complexity index is 388. The van der Waals surface area contributed by atoms with Gasteiger partial charge in [0.05, 0.1) is 0 Å². The fourth-order valence-corrected chi connectivity index (χ4v) is 2.64. The van der Waals surface area contributed by atoms with Crippen molar-refractivity contribution in [2.24, 2.45) is 0 Å². The molecule has 0 aliphatic carbocycles. The molecule has 106 valence electrons.